The molecule has 0 fully saturated rings. The summed E-state index contributed by atoms with van der Waals surface area (Å²) in [5.41, 5.74) is 0. The van der Waals surface area contributed by atoms with Crippen LogP contribution >= 0.6 is 11.6 Å². The first kappa shape index (κ1) is 24.2. The average Bonchev–Trinajstić information content (AvgIpc) is 2.58. The third-order valence-corrected chi connectivity index (χ3v) is 4.28. The lowest BCUT2D eigenvalue weighted by Gasteiger charge is -2.07. The molecule has 0 aromatic heterocycles. The fourth-order valence-electron chi connectivity index (χ4n) is 2.47. The van der Waals surface area contributed by atoms with E-state index in [2.05, 4.69) is 13.8 Å². The molecular formula is C20H37ClO4. The maximum Gasteiger partial charge on any atom is 0.306 e. The van der Waals surface area contributed by atoms with Crippen LogP contribution in [0.15, 0.2) is 0 Å². The van der Waals surface area contributed by atoms with Crippen molar-refractivity contribution >= 4 is 23.5 Å². The minimum absolute atomic E-state index is 0.114. The van der Waals surface area contributed by atoms with Gasteiger partial charge in [-0.15, -0.1) is 11.6 Å². The van der Waals surface area contributed by atoms with Crippen molar-refractivity contribution in [3.63, 3.8) is 0 Å². The molecule has 0 spiro atoms. The van der Waals surface area contributed by atoms with Crippen molar-refractivity contribution in [1.82, 2.24) is 0 Å². The normalized spacial score (nSPS) is 10.9. The third kappa shape index (κ3) is 19.4. The number of ether oxygens (including phenoxy) is 2. The van der Waals surface area contributed by atoms with E-state index in [0.717, 1.165) is 38.0 Å². The van der Waals surface area contributed by atoms with Crippen LogP contribution in [-0.4, -0.2) is 31.0 Å². The van der Waals surface area contributed by atoms with E-state index >= 15 is 0 Å². The quantitative estimate of drug-likeness (QED) is 0.187. The Morgan fingerprint density at radius 1 is 0.720 bits per heavy atom. The van der Waals surface area contributed by atoms with E-state index in [1.54, 1.807) is 0 Å². The van der Waals surface area contributed by atoms with Crippen molar-refractivity contribution in [1.29, 1.82) is 0 Å². The van der Waals surface area contributed by atoms with Crippen LogP contribution in [-0.2, 0) is 19.1 Å². The standard InChI is InChI=1S/C20H37ClO4/c1-18(2)12-11-17-25-20(23)14-13-19(22)24-16-10-8-6-4-3-5-7-9-15-21/h18H,3-17H2,1-2H3. The Morgan fingerprint density at radius 2 is 1.16 bits per heavy atom. The number of unbranched alkanes of at least 4 members (excludes halogenated alkanes) is 7. The van der Waals surface area contributed by atoms with Gasteiger partial charge in [-0.05, 0) is 31.6 Å². The molecule has 0 heterocycles. The van der Waals surface area contributed by atoms with Gasteiger partial charge in [-0.25, -0.2) is 0 Å². The fourth-order valence-corrected chi connectivity index (χ4v) is 2.66. The molecule has 0 rings (SSSR count). The largest absolute Gasteiger partial charge is 0.466 e. The van der Waals surface area contributed by atoms with Gasteiger partial charge in [0.1, 0.15) is 0 Å². The number of hydrogen-bond donors (Lipinski definition) is 0. The summed E-state index contributed by atoms with van der Waals surface area (Å²) in [4.78, 5) is 23.1. The van der Waals surface area contributed by atoms with Crippen LogP contribution in [0.1, 0.15) is 90.9 Å². The van der Waals surface area contributed by atoms with Crippen LogP contribution in [0, 0.1) is 5.92 Å². The third-order valence-electron chi connectivity index (χ3n) is 4.01. The highest BCUT2D eigenvalue weighted by Crippen LogP contribution is 2.09. The minimum Gasteiger partial charge on any atom is -0.466 e. The number of halogens is 1. The summed E-state index contributed by atoms with van der Waals surface area (Å²) in [5.74, 6) is 0.765. The number of carbonyl (C=O) groups is 2. The number of carbonyl (C=O) groups excluding carboxylic acids is 2. The molecule has 0 N–H and O–H groups in total. The van der Waals surface area contributed by atoms with Crippen LogP contribution in [0.4, 0.5) is 0 Å². The van der Waals surface area contributed by atoms with Gasteiger partial charge in [0, 0.05) is 5.88 Å². The van der Waals surface area contributed by atoms with Gasteiger partial charge in [0.2, 0.25) is 0 Å². The molecule has 0 radical (unpaired) electrons. The Hall–Kier alpha value is -0.770. The Labute approximate surface area is 159 Å². The second-order valence-corrected chi connectivity index (χ2v) is 7.37. The molecule has 0 aliphatic heterocycles. The first-order chi connectivity index (χ1) is 12.1. The van der Waals surface area contributed by atoms with Crippen LogP contribution in [0.3, 0.4) is 0 Å². The molecule has 0 unspecified atom stereocenters. The van der Waals surface area contributed by atoms with Gasteiger partial charge in [0.15, 0.2) is 0 Å². The highest BCUT2D eigenvalue weighted by molar-refractivity contribution is 6.17. The van der Waals surface area contributed by atoms with Gasteiger partial charge in [0.25, 0.3) is 0 Å². The topological polar surface area (TPSA) is 52.6 Å². The van der Waals surface area contributed by atoms with Gasteiger partial charge in [0.05, 0.1) is 26.1 Å². The molecule has 4 nitrogen and oxygen atoms in total. The molecule has 25 heavy (non-hydrogen) atoms. The molecule has 0 saturated carbocycles. The summed E-state index contributed by atoms with van der Waals surface area (Å²) in [6.45, 7) is 5.18. The maximum absolute atomic E-state index is 11.6. The molecule has 5 heteroatoms. The van der Waals surface area contributed by atoms with Crippen LogP contribution < -0.4 is 0 Å². The van der Waals surface area contributed by atoms with Gasteiger partial charge < -0.3 is 9.47 Å². The van der Waals surface area contributed by atoms with Crippen molar-refractivity contribution in [3.05, 3.63) is 0 Å². The summed E-state index contributed by atoms with van der Waals surface area (Å²) in [5, 5.41) is 0. The van der Waals surface area contributed by atoms with Crippen molar-refractivity contribution in [2.24, 2.45) is 5.92 Å². The maximum atomic E-state index is 11.6. The Kier molecular flexibility index (Phi) is 17.5. The van der Waals surface area contributed by atoms with E-state index in [4.69, 9.17) is 21.1 Å². The molecule has 0 amide bonds. The number of esters is 2. The highest BCUT2D eigenvalue weighted by atomic mass is 35.5. The molecule has 0 saturated heterocycles. The summed E-state index contributed by atoms with van der Waals surface area (Å²) in [6, 6.07) is 0. The predicted molar refractivity (Wildman–Crippen MR) is 103 cm³/mol. The van der Waals surface area contributed by atoms with E-state index in [9.17, 15) is 9.59 Å². The molecule has 148 valence electrons. The molecular weight excluding hydrogens is 340 g/mol. The van der Waals surface area contributed by atoms with Gasteiger partial charge in [-0.3, -0.25) is 9.59 Å². The monoisotopic (exact) mass is 376 g/mol. The summed E-state index contributed by atoms with van der Waals surface area (Å²) in [6.07, 6.45) is 11.4. The van der Waals surface area contributed by atoms with Gasteiger partial charge in [-0.2, -0.15) is 0 Å². The lowest BCUT2D eigenvalue weighted by atomic mass is 10.1. The van der Waals surface area contributed by atoms with Crippen molar-refractivity contribution in [2.75, 3.05) is 19.1 Å². The zero-order chi connectivity index (χ0) is 18.8. The van der Waals surface area contributed by atoms with Crippen LogP contribution in [0.2, 0.25) is 0 Å². The summed E-state index contributed by atoms with van der Waals surface area (Å²) >= 11 is 5.64. The second-order valence-electron chi connectivity index (χ2n) is 6.99. The van der Waals surface area contributed by atoms with Crippen molar-refractivity contribution in [3.8, 4) is 0 Å². The van der Waals surface area contributed by atoms with Gasteiger partial charge >= 0.3 is 11.9 Å². The highest BCUT2D eigenvalue weighted by Gasteiger charge is 2.09. The van der Waals surface area contributed by atoms with E-state index < -0.39 is 0 Å². The first-order valence-corrected chi connectivity index (χ1v) is 10.5. The number of hydrogen-bond acceptors (Lipinski definition) is 4. The van der Waals surface area contributed by atoms with E-state index in [1.807, 2.05) is 0 Å². The summed E-state index contributed by atoms with van der Waals surface area (Å²) < 4.78 is 10.2. The zero-order valence-corrected chi connectivity index (χ0v) is 17.0. The second kappa shape index (κ2) is 18.0. The molecule has 0 aliphatic rings. The Bertz CT molecular complexity index is 332. The summed E-state index contributed by atoms with van der Waals surface area (Å²) in [7, 11) is 0. The Morgan fingerprint density at radius 3 is 1.64 bits per heavy atom. The SMILES string of the molecule is CC(C)CCCOC(=O)CCC(=O)OCCCCCCCCCCCl. The van der Waals surface area contributed by atoms with E-state index in [0.29, 0.717) is 19.1 Å². The number of rotatable bonds is 17. The van der Waals surface area contributed by atoms with Crippen LogP contribution in [0.25, 0.3) is 0 Å². The first-order valence-electron chi connectivity index (χ1n) is 9.93. The minimum atomic E-state index is -0.310. The van der Waals surface area contributed by atoms with Gasteiger partial charge in [-0.1, -0.05) is 52.4 Å². The smallest absolute Gasteiger partial charge is 0.306 e. The van der Waals surface area contributed by atoms with Crippen molar-refractivity contribution in [2.45, 2.75) is 90.9 Å². The predicted octanol–water partition coefficient (Wildman–Crippen LogP) is 5.65. The van der Waals surface area contributed by atoms with E-state index in [1.165, 1.54) is 32.1 Å². The molecule has 0 bridgehead atoms. The van der Waals surface area contributed by atoms with Crippen LogP contribution in [0.5, 0.6) is 0 Å². The van der Waals surface area contributed by atoms with Crippen molar-refractivity contribution < 1.29 is 19.1 Å². The lowest BCUT2D eigenvalue weighted by Crippen LogP contribution is -2.11. The fraction of sp³-hybridized carbons (Fsp3) is 0.900. The molecule has 0 aromatic rings. The zero-order valence-electron chi connectivity index (χ0n) is 16.2. The average molecular weight is 377 g/mol. The Balaban J connectivity index is 3.34. The molecule has 0 atom stereocenters. The molecule has 0 aromatic carbocycles. The molecule has 0 aliphatic carbocycles. The lowest BCUT2D eigenvalue weighted by molar-refractivity contribution is -0.150. The number of alkyl halides is 1. The van der Waals surface area contributed by atoms with E-state index in [-0.39, 0.29) is 24.8 Å².